The Morgan fingerprint density at radius 2 is 1.47 bits per heavy atom. The van der Waals surface area contributed by atoms with E-state index in [9.17, 15) is 39.6 Å². The highest BCUT2D eigenvalue weighted by Crippen LogP contribution is 2.37. The summed E-state index contributed by atoms with van der Waals surface area (Å²) in [5, 5.41) is 39.7. The maximum absolute atomic E-state index is 12.6. The number of rotatable bonds is 8. The van der Waals surface area contributed by atoms with Crippen LogP contribution in [0.4, 0.5) is 0 Å². The number of carbonyl (C=O) groups is 3. The van der Waals surface area contributed by atoms with Gasteiger partial charge in [-0.3, -0.25) is 9.59 Å². The Kier molecular flexibility index (Phi) is 11.0. The molecule has 47 heavy (non-hydrogen) atoms. The molecular weight excluding hydrogens is 612 g/mol. The smallest absolute Gasteiger partial charge is 0.347 e. The van der Waals surface area contributed by atoms with Crippen molar-refractivity contribution in [3.8, 4) is 34.5 Å². The number of carboxylic acids is 1. The van der Waals surface area contributed by atoms with Gasteiger partial charge in [0.2, 0.25) is 0 Å². The highest BCUT2D eigenvalue weighted by atomic mass is 16.5. The van der Waals surface area contributed by atoms with Gasteiger partial charge in [-0.25, -0.2) is 9.59 Å². The molecule has 1 aromatic heterocycles. The van der Waals surface area contributed by atoms with Crippen molar-refractivity contribution < 1.29 is 53.4 Å². The number of aldehydes is 1. The molecule has 0 saturated carbocycles. The van der Waals surface area contributed by atoms with Gasteiger partial charge in [0.05, 0.1) is 19.8 Å². The number of esters is 1. The Labute approximate surface area is 270 Å². The summed E-state index contributed by atoms with van der Waals surface area (Å²) in [5.74, 6) is -2.47. The summed E-state index contributed by atoms with van der Waals surface area (Å²) in [5.41, 5.74) is 1.76. The van der Waals surface area contributed by atoms with E-state index in [1.54, 1.807) is 6.92 Å². The topological polar surface area (TPSA) is 190 Å². The number of aromatic hydroxyl groups is 3. The van der Waals surface area contributed by atoms with Crippen LogP contribution in [-0.2, 0) is 6.42 Å². The number of methoxy groups -OCH3 is 2. The number of ether oxygens (including phenoxy) is 3. The minimum atomic E-state index is -1.38. The first-order valence-electron chi connectivity index (χ1n) is 14.2. The predicted molar refractivity (Wildman–Crippen MR) is 173 cm³/mol. The Bertz CT molecular complexity index is 1980. The molecule has 0 bridgehead atoms. The molecule has 3 aromatic carbocycles. The van der Waals surface area contributed by atoms with Crippen LogP contribution in [0.3, 0.4) is 0 Å². The van der Waals surface area contributed by atoms with E-state index < -0.39 is 23.4 Å². The zero-order valence-corrected chi connectivity index (χ0v) is 27.2. The van der Waals surface area contributed by atoms with Crippen LogP contribution in [0.2, 0.25) is 0 Å². The molecule has 4 rings (SSSR count). The Balaban J connectivity index is 0.000000267. The zero-order chi connectivity index (χ0) is 35.3. The molecular formula is C35H36O12. The highest BCUT2D eigenvalue weighted by Gasteiger charge is 2.26. The van der Waals surface area contributed by atoms with Crippen molar-refractivity contribution in [3.05, 3.63) is 90.8 Å². The molecule has 12 nitrogen and oxygen atoms in total. The van der Waals surface area contributed by atoms with Crippen molar-refractivity contribution in [1.82, 2.24) is 0 Å². The maximum atomic E-state index is 12.6. The SMILES string of the molecule is COc1cc(C)c(C(=O)Oc2cc(C)c(O)c(C(=O)O)c2C)c(O)c1C=O.COc1cc(O)c2c(=O)cc(C)oc2c1CC=C(C)C. The number of carboxylic acid groups (broad SMARTS) is 1. The number of aryl methyl sites for hydroxylation is 3. The van der Waals surface area contributed by atoms with Crippen LogP contribution in [0.5, 0.6) is 34.5 Å². The van der Waals surface area contributed by atoms with Crippen LogP contribution in [0.15, 0.2) is 45.1 Å². The van der Waals surface area contributed by atoms with E-state index in [0.717, 1.165) is 11.1 Å². The van der Waals surface area contributed by atoms with Gasteiger partial charge in [0.15, 0.2) is 11.7 Å². The van der Waals surface area contributed by atoms with Crippen molar-refractivity contribution in [1.29, 1.82) is 0 Å². The fourth-order valence-corrected chi connectivity index (χ4v) is 4.86. The normalized spacial score (nSPS) is 10.5. The molecule has 0 saturated heterocycles. The molecule has 248 valence electrons. The number of hydrogen-bond donors (Lipinski definition) is 4. The van der Waals surface area contributed by atoms with Gasteiger partial charge in [0, 0.05) is 23.3 Å². The second-order valence-electron chi connectivity index (χ2n) is 10.9. The van der Waals surface area contributed by atoms with Gasteiger partial charge in [-0.1, -0.05) is 11.6 Å². The van der Waals surface area contributed by atoms with Gasteiger partial charge in [0.25, 0.3) is 0 Å². The van der Waals surface area contributed by atoms with Crippen molar-refractivity contribution >= 4 is 29.2 Å². The number of carbonyl (C=O) groups excluding carboxylic acids is 2. The standard InChI is InChI=1S/C19H18O8.C16H18O4/c1-8-5-13(26-4)11(7-20)17(22)14(8)19(25)27-12-6-9(2)16(21)15(10(12)3)18(23)24;1-9(2)5-6-11-14(19-4)8-13(18)15-12(17)7-10(3)20-16(11)15/h5-7,21-22H,1-4H3,(H,23,24);5,7-8,18H,6H2,1-4H3. The first kappa shape index (κ1) is 35.7. The van der Waals surface area contributed by atoms with Gasteiger partial charge < -0.3 is 39.1 Å². The lowest BCUT2D eigenvalue weighted by Crippen LogP contribution is -2.14. The Morgan fingerprint density at radius 1 is 0.851 bits per heavy atom. The van der Waals surface area contributed by atoms with Crippen LogP contribution in [-0.4, -0.2) is 52.9 Å². The average Bonchev–Trinajstić information content (AvgIpc) is 2.98. The average molecular weight is 649 g/mol. The lowest BCUT2D eigenvalue weighted by atomic mass is 10.0. The first-order chi connectivity index (χ1) is 22.1. The lowest BCUT2D eigenvalue weighted by molar-refractivity contribution is 0.0681. The molecule has 0 atom stereocenters. The van der Waals surface area contributed by atoms with E-state index in [2.05, 4.69) is 0 Å². The second kappa shape index (κ2) is 14.5. The number of phenolic OH excluding ortho intramolecular Hbond substituents is 2. The quantitative estimate of drug-likeness (QED) is 0.0746. The molecule has 12 heteroatoms. The van der Waals surface area contributed by atoms with Crippen LogP contribution in [0, 0.1) is 27.7 Å². The fourth-order valence-electron chi connectivity index (χ4n) is 4.86. The highest BCUT2D eigenvalue weighted by molar-refractivity contribution is 6.01. The number of benzene rings is 3. The van der Waals surface area contributed by atoms with E-state index in [0.29, 0.717) is 35.4 Å². The van der Waals surface area contributed by atoms with Crippen LogP contribution < -0.4 is 19.6 Å². The molecule has 0 fully saturated rings. The monoisotopic (exact) mass is 648 g/mol. The van der Waals surface area contributed by atoms with Crippen LogP contribution in [0.25, 0.3) is 11.0 Å². The Morgan fingerprint density at radius 3 is 2.02 bits per heavy atom. The van der Waals surface area contributed by atoms with Gasteiger partial charge in [-0.2, -0.15) is 0 Å². The molecule has 4 N–H and O–H groups in total. The van der Waals surface area contributed by atoms with Crippen molar-refractivity contribution in [2.75, 3.05) is 14.2 Å². The van der Waals surface area contributed by atoms with Crippen molar-refractivity contribution in [2.24, 2.45) is 0 Å². The second-order valence-corrected chi connectivity index (χ2v) is 10.9. The molecule has 0 aliphatic heterocycles. The third kappa shape index (κ3) is 7.38. The fraction of sp³-hybridized carbons (Fsp3) is 0.257. The van der Waals surface area contributed by atoms with E-state index in [-0.39, 0.29) is 55.9 Å². The van der Waals surface area contributed by atoms with Gasteiger partial charge >= 0.3 is 11.9 Å². The van der Waals surface area contributed by atoms with Crippen LogP contribution >= 0.6 is 0 Å². The molecule has 0 unspecified atom stereocenters. The third-order valence-electron chi connectivity index (χ3n) is 7.26. The minimum absolute atomic E-state index is 0.0419. The van der Waals surface area contributed by atoms with Crippen molar-refractivity contribution in [2.45, 2.75) is 48.0 Å². The number of phenols is 3. The predicted octanol–water partition coefficient (Wildman–Crippen LogP) is 6.09. The molecule has 0 spiro atoms. The molecule has 0 aliphatic rings. The molecule has 0 amide bonds. The number of fused-ring (bicyclic) bond motifs is 1. The number of hydrogen-bond acceptors (Lipinski definition) is 11. The van der Waals surface area contributed by atoms with Crippen molar-refractivity contribution in [3.63, 3.8) is 0 Å². The van der Waals surface area contributed by atoms with E-state index >= 15 is 0 Å². The van der Waals surface area contributed by atoms with Gasteiger partial charge in [-0.05, 0) is 71.2 Å². The summed E-state index contributed by atoms with van der Waals surface area (Å²) in [6.45, 7) is 10.1. The zero-order valence-electron chi connectivity index (χ0n) is 27.2. The summed E-state index contributed by atoms with van der Waals surface area (Å²) < 4.78 is 21.2. The van der Waals surface area contributed by atoms with E-state index in [4.69, 9.17) is 18.6 Å². The summed E-state index contributed by atoms with van der Waals surface area (Å²) in [4.78, 5) is 47.2. The molecule has 0 radical (unpaired) electrons. The summed E-state index contributed by atoms with van der Waals surface area (Å²) >= 11 is 0. The summed E-state index contributed by atoms with van der Waals surface area (Å²) in [6.07, 6.45) is 2.95. The Hall–Kier alpha value is -5.78. The number of aromatic carboxylic acids is 1. The summed E-state index contributed by atoms with van der Waals surface area (Å²) in [7, 11) is 2.84. The van der Waals surface area contributed by atoms with Gasteiger partial charge in [-0.15, -0.1) is 0 Å². The van der Waals surface area contributed by atoms with E-state index in [1.807, 2.05) is 19.9 Å². The third-order valence-corrected chi connectivity index (χ3v) is 7.26. The number of allylic oxidation sites excluding steroid dienone is 2. The first-order valence-corrected chi connectivity index (χ1v) is 14.2. The molecule has 4 aromatic rings. The minimum Gasteiger partial charge on any atom is -0.507 e. The molecule has 0 aliphatic carbocycles. The molecule has 1 heterocycles. The summed E-state index contributed by atoms with van der Waals surface area (Å²) in [6, 6.07) is 5.55. The largest absolute Gasteiger partial charge is 0.507 e. The van der Waals surface area contributed by atoms with Crippen LogP contribution in [0.1, 0.15) is 72.9 Å². The van der Waals surface area contributed by atoms with E-state index in [1.165, 1.54) is 59.3 Å². The van der Waals surface area contributed by atoms with Gasteiger partial charge in [0.1, 0.15) is 62.4 Å². The maximum Gasteiger partial charge on any atom is 0.347 e. The lowest BCUT2D eigenvalue weighted by Gasteiger charge is -2.16.